The summed E-state index contributed by atoms with van der Waals surface area (Å²) in [5.74, 6) is 0.619. The van der Waals surface area contributed by atoms with E-state index in [9.17, 15) is 4.79 Å². The first-order chi connectivity index (χ1) is 12.2. The minimum Gasteiger partial charge on any atom is -0.438 e. The standard InChI is InChI=1S/C19H22O4SSi/c1-3-25(15-10-6-4-7-11-15,16-12-8-5-9-13-16)19-23-17(14-24-19)22-18(20)21-2/h4-13,17,19H,3,14H2,1-2H3. The first-order valence-corrected chi connectivity index (χ1v) is 11.7. The number of rotatable bonds is 5. The van der Waals surface area contributed by atoms with Crippen LogP contribution < -0.4 is 10.4 Å². The molecule has 2 atom stereocenters. The quantitative estimate of drug-likeness (QED) is 0.595. The molecule has 1 saturated heterocycles. The Morgan fingerprint density at radius 1 is 1.12 bits per heavy atom. The third-order valence-corrected chi connectivity index (χ3v) is 12.0. The highest BCUT2D eigenvalue weighted by Crippen LogP contribution is 2.34. The number of hydrogen-bond donors (Lipinski definition) is 0. The fourth-order valence-electron chi connectivity index (χ4n) is 3.34. The first kappa shape index (κ1) is 18.0. The summed E-state index contributed by atoms with van der Waals surface area (Å²) >= 11 is 1.73. The number of benzene rings is 2. The molecule has 0 radical (unpaired) electrons. The number of methoxy groups -OCH3 is 1. The van der Waals surface area contributed by atoms with Crippen LogP contribution in [-0.4, -0.2) is 38.4 Å². The summed E-state index contributed by atoms with van der Waals surface area (Å²) in [4.78, 5) is 11.4. The van der Waals surface area contributed by atoms with Gasteiger partial charge in [0.25, 0.3) is 0 Å². The topological polar surface area (TPSA) is 44.8 Å². The van der Waals surface area contributed by atoms with E-state index in [1.165, 1.54) is 17.5 Å². The van der Waals surface area contributed by atoms with Gasteiger partial charge in [0.1, 0.15) is 5.06 Å². The normalized spacial score (nSPS) is 20.2. The second-order valence-corrected chi connectivity index (χ2v) is 11.7. The first-order valence-electron chi connectivity index (χ1n) is 8.33. The van der Waals surface area contributed by atoms with Crippen LogP contribution in [0.2, 0.25) is 6.04 Å². The summed E-state index contributed by atoms with van der Waals surface area (Å²) < 4.78 is 16.0. The van der Waals surface area contributed by atoms with Crippen LogP contribution >= 0.6 is 11.8 Å². The van der Waals surface area contributed by atoms with Crippen molar-refractivity contribution in [3.05, 3.63) is 60.7 Å². The van der Waals surface area contributed by atoms with E-state index in [4.69, 9.17) is 9.47 Å². The van der Waals surface area contributed by atoms with Crippen molar-refractivity contribution in [1.82, 2.24) is 0 Å². The zero-order valence-electron chi connectivity index (χ0n) is 14.4. The van der Waals surface area contributed by atoms with Crippen LogP contribution in [0.4, 0.5) is 4.79 Å². The molecule has 4 nitrogen and oxygen atoms in total. The molecule has 2 aromatic rings. The third kappa shape index (κ3) is 3.61. The van der Waals surface area contributed by atoms with Gasteiger partial charge in [0.15, 0.2) is 8.07 Å². The van der Waals surface area contributed by atoms with Crippen molar-refractivity contribution in [2.24, 2.45) is 0 Å². The van der Waals surface area contributed by atoms with Crippen LogP contribution in [0.3, 0.4) is 0 Å². The minimum absolute atomic E-state index is 0.0167. The molecule has 0 saturated carbocycles. The lowest BCUT2D eigenvalue weighted by Gasteiger charge is -2.36. The largest absolute Gasteiger partial charge is 0.510 e. The molecule has 132 valence electrons. The average Bonchev–Trinajstić information content (AvgIpc) is 3.13. The third-order valence-electron chi connectivity index (χ3n) is 4.59. The van der Waals surface area contributed by atoms with E-state index in [0.29, 0.717) is 5.75 Å². The fraction of sp³-hybridized carbons (Fsp3) is 0.316. The van der Waals surface area contributed by atoms with Gasteiger partial charge in [-0.25, -0.2) is 4.79 Å². The van der Waals surface area contributed by atoms with Crippen LogP contribution in [0.5, 0.6) is 0 Å². The monoisotopic (exact) mass is 374 g/mol. The van der Waals surface area contributed by atoms with Gasteiger partial charge in [-0.15, -0.1) is 11.8 Å². The Morgan fingerprint density at radius 2 is 1.68 bits per heavy atom. The molecule has 1 aliphatic rings. The van der Waals surface area contributed by atoms with Crippen LogP contribution in [0, 0.1) is 0 Å². The predicted octanol–water partition coefficient (Wildman–Crippen LogP) is 3.01. The number of carbonyl (C=O) groups excluding carboxylic acids is 1. The highest BCUT2D eigenvalue weighted by atomic mass is 32.2. The molecule has 2 aromatic carbocycles. The highest BCUT2D eigenvalue weighted by Gasteiger charge is 2.49. The van der Waals surface area contributed by atoms with E-state index >= 15 is 0 Å². The summed E-state index contributed by atoms with van der Waals surface area (Å²) in [7, 11) is -0.877. The molecule has 0 aromatic heterocycles. The van der Waals surface area contributed by atoms with Gasteiger partial charge < -0.3 is 14.2 Å². The lowest BCUT2D eigenvalue weighted by Crippen LogP contribution is -2.65. The van der Waals surface area contributed by atoms with Gasteiger partial charge in [-0.3, -0.25) is 0 Å². The molecular formula is C19H22O4SSi. The van der Waals surface area contributed by atoms with Crippen LogP contribution in [-0.2, 0) is 14.2 Å². The van der Waals surface area contributed by atoms with Crippen LogP contribution in [0.25, 0.3) is 0 Å². The van der Waals surface area contributed by atoms with E-state index < -0.39 is 20.5 Å². The Balaban J connectivity index is 1.97. The van der Waals surface area contributed by atoms with Crippen molar-refractivity contribution in [3.63, 3.8) is 0 Å². The summed E-state index contributed by atoms with van der Waals surface area (Å²) in [5.41, 5.74) is 0. The zero-order chi connectivity index (χ0) is 17.7. The molecule has 1 heterocycles. The Labute approximate surface area is 153 Å². The van der Waals surface area contributed by atoms with Crippen LogP contribution in [0.1, 0.15) is 6.92 Å². The Hall–Kier alpha value is -1.76. The fourth-order valence-corrected chi connectivity index (χ4v) is 10.8. The van der Waals surface area contributed by atoms with E-state index in [2.05, 4.69) is 60.2 Å². The number of hydrogen-bond acceptors (Lipinski definition) is 5. The molecular weight excluding hydrogens is 352 g/mol. The Bertz CT molecular complexity index is 656. The maximum absolute atomic E-state index is 11.4. The van der Waals surface area contributed by atoms with Crippen molar-refractivity contribution in [3.8, 4) is 0 Å². The van der Waals surface area contributed by atoms with Crippen molar-refractivity contribution < 1.29 is 19.0 Å². The summed E-state index contributed by atoms with van der Waals surface area (Å²) in [6, 6.07) is 22.2. The molecule has 0 spiro atoms. The molecule has 2 unspecified atom stereocenters. The zero-order valence-corrected chi connectivity index (χ0v) is 16.2. The molecule has 3 rings (SSSR count). The Kier molecular flexibility index (Phi) is 5.83. The van der Waals surface area contributed by atoms with Crippen molar-refractivity contribution >= 4 is 36.4 Å². The minimum atomic E-state index is -2.18. The molecule has 0 amide bonds. The van der Waals surface area contributed by atoms with Gasteiger partial charge in [0.2, 0.25) is 6.29 Å². The molecule has 0 bridgehead atoms. The number of carbonyl (C=O) groups is 1. The van der Waals surface area contributed by atoms with Crippen molar-refractivity contribution in [2.45, 2.75) is 24.3 Å². The van der Waals surface area contributed by atoms with Gasteiger partial charge >= 0.3 is 6.16 Å². The van der Waals surface area contributed by atoms with Gasteiger partial charge in [-0.1, -0.05) is 78.0 Å². The second kappa shape index (κ2) is 8.08. The molecule has 0 N–H and O–H groups in total. The van der Waals surface area contributed by atoms with Crippen molar-refractivity contribution in [1.29, 1.82) is 0 Å². The van der Waals surface area contributed by atoms with Crippen molar-refractivity contribution in [2.75, 3.05) is 12.9 Å². The lowest BCUT2D eigenvalue weighted by atomic mass is 10.4. The van der Waals surface area contributed by atoms with Gasteiger partial charge in [-0.05, 0) is 6.04 Å². The molecule has 1 fully saturated rings. The molecule has 25 heavy (non-hydrogen) atoms. The SMILES string of the molecule is CC[Si](c1ccccc1)(c1ccccc1)C1OC(OC(=O)OC)CS1. The summed E-state index contributed by atoms with van der Waals surface area (Å²) in [5, 5.41) is 2.65. The van der Waals surface area contributed by atoms with E-state index in [1.54, 1.807) is 11.8 Å². The van der Waals surface area contributed by atoms with Gasteiger partial charge in [0.05, 0.1) is 12.9 Å². The summed E-state index contributed by atoms with van der Waals surface area (Å²) in [6.07, 6.45) is -1.26. The highest BCUT2D eigenvalue weighted by molar-refractivity contribution is 8.02. The maximum Gasteiger partial charge on any atom is 0.510 e. The van der Waals surface area contributed by atoms with Gasteiger partial charge in [-0.2, -0.15) is 0 Å². The smallest absolute Gasteiger partial charge is 0.438 e. The lowest BCUT2D eigenvalue weighted by molar-refractivity contribution is -0.0905. The van der Waals surface area contributed by atoms with Crippen LogP contribution in [0.15, 0.2) is 60.7 Å². The molecule has 1 aliphatic heterocycles. The number of ether oxygens (including phenoxy) is 3. The molecule has 0 aliphatic carbocycles. The predicted molar refractivity (Wildman–Crippen MR) is 103 cm³/mol. The maximum atomic E-state index is 11.4. The second-order valence-electron chi connectivity index (χ2n) is 5.86. The van der Waals surface area contributed by atoms with E-state index in [1.807, 2.05) is 12.1 Å². The Morgan fingerprint density at radius 3 is 2.16 bits per heavy atom. The number of thioether (sulfide) groups is 1. The average molecular weight is 375 g/mol. The van der Waals surface area contributed by atoms with E-state index in [-0.39, 0.29) is 5.06 Å². The molecule has 6 heteroatoms. The summed E-state index contributed by atoms with van der Waals surface area (Å²) in [6.45, 7) is 2.23. The van der Waals surface area contributed by atoms with Gasteiger partial charge in [0, 0.05) is 0 Å². The van der Waals surface area contributed by atoms with E-state index in [0.717, 1.165) is 6.04 Å².